The van der Waals surface area contributed by atoms with E-state index in [1.165, 1.54) is 11.3 Å². The Kier molecular flexibility index (Phi) is 2.05. The zero-order valence-corrected chi connectivity index (χ0v) is 8.78. The molecule has 1 aromatic rings. The van der Waals surface area contributed by atoms with Gasteiger partial charge in [-0.2, -0.15) is 5.10 Å². The number of hydrogen-bond acceptors (Lipinski definition) is 4. The molecule has 1 fully saturated rings. The number of hydrogen-bond donors (Lipinski definition) is 1. The van der Waals surface area contributed by atoms with Crippen LogP contribution in [0, 0.1) is 0 Å². The number of carbonyl (C=O) groups is 2. The fourth-order valence-electron chi connectivity index (χ4n) is 2.56. The third-order valence-electron chi connectivity index (χ3n) is 3.28. The average molecular weight is 220 g/mol. The standard InChI is InChI=1S/C11H12N2O3/c14-9-4-6(5-10(15)16-9)11-7-2-1-3-8(7)12-13-11/h6H,1-5H2,(H,12,13). The summed E-state index contributed by atoms with van der Waals surface area (Å²) in [5.74, 6) is -0.959. The first-order valence-electron chi connectivity index (χ1n) is 5.53. The second-order valence-electron chi connectivity index (χ2n) is 4.37. The molecule has 0 saturated carbocycles. The van der Waals surface area contributed by atoms with Crippen molar-refractivity contribution in [3.8, 4) is 0 Å². The van der Waals surface area contributed by atoms with Crippen molar-refractivity contribution in [1.29, 1.82) is 0 Å². The van der Waals surface area contributed by atoms with E-state index in [2.05, 4.69) is 14.9 Å². The summed E-state index contributed by atoms with van der Waals surface area (Å²) >= 11 is 0. The van der Waals surface area contributed by atoms with Gasteiger partial charge < -0.3 is 4.74 Å². The maximum atomic E-state index is 11.2. The quantitative estimate of drug-likeness (QED) is 0.562. The minimum absolute atomic E-state index is 0.0909. The minimum Gasteiger partial charge on any atom is -0.393 e. The highest BCUT2D eigenvalue weighted by Gasteiger charge is 2.33. The molecule has 2 heterocycles. The predicted octanol–water partition coefficient (Wildman–Crippen LogP) is 0.846. The van der Waals surface area contributed by atoms with Gasteiger partial charge in [-0.25, -0.2) is 0 Å². The Bertz CT molecular complexity index is 448. The van der Waals surface area contributed by atoms with Gasteiger partial charge in [-0.15, -0.1) is 0 Å². The third-order valence-corrected chi connectivity index (χ3v) is 3.28. The number of aromatic amines is 1. The molecule has 1 aliphatic carbocycles. The molecule has 1 N–H and O–H groups in total. The van der Waals surface area contributed by atoms with Crippen molar-refractivity contribution in [1.82, 2.24) is 10.2 Å². The molecule has 0 unspecified atom stereocenters. The SMILES string of the molecule is O=C1CC(c2n[nH]c3c2CCC3)CC(=O)O1. The maximum absolute atomic E-state index is 11.2. The Balaban J connectivity index is 1.91. The number of nitrogens with one attached hydrogen (secondary N) is 1. The molecule has 0 spiro atoms. The van der Waals surface area contributed by atoms with E-state index in [1.807, 2.05) is 0 Å². The number of esters is 2. The van der Waals surface area contributed by atoms with E-state index in [9.17, 15) is 9.59 Å². The first-order valence-corrected chi connectivity index (χ1v) is 5.53. The van der Waals surface area contributed by atoms with Crippen LogP contribution in [-0.4, -0.2) is 22.1 Å². The van der Waals surface area contributed by atoms with Crippen LogP contribution < -0.4 is 0 Å². The number of ether oxygens (including phenoxy) is 1. The normalized spacial score (nSPS) is 21.0. The van der Waals surface area contributed by atoms with Crippen molar-refractivity contribution in [2.75, 3.05) is 0 Å². The Hall–Kier alpha value is -1.65. The molecular formula is C11H12N2O3. The van der Waals surface area contributed by atoms with Crippen LogP contribution in [0.3, 0.4) is 0 Å². The summed E-state index contributed by atoms with van der Waals surface area (Å²) in [5.41, 5.74) is 3.28. The van der Waals surface area contributed by atoms with E-state index in [0.717, 1.165) is 25.0 Å². The van der Waals surface area contributed by atoms with Gasteiger partial charge in [0.05, 0.1) is 18.5 Å². The summed E-state index contributed by atoms with van der Waals surface area (Å²) < 4.78 is 4.52. The molecule has 1 saturated heterocycles. The Labute approximate surface area is 92.2 Å². The highest BCUT2D eigenvalue weighted by atomic mass is 16.6. The molecule has 5 heteroatoms. The molecule has 16 heavy (non-hydrogen) atoms. The number of H-pyrrole nitrogens is 1. The topological polar surface area (TPSA) is 72.0 Å². The van der Waals surface area contributed by atoms with E-state index in [1.54, 1.807) is 0 Å². The number of aromatic nitrogens is 2. The molecular weight excluding hydrogens is 208 g/mol. The van der Waals surface area contributed by atoms with Crippen LogP contribution in [-0.2, 0) is 27.2 Å². The highest BCUT2D eigenvalue weighted by molar-refractivity contribution is 5.89. The van der Waals surface area contributed by atoms with E-state index in [4.69, 9.17) is 0 Å². The van der Waals surface area contributed by atoms with Crippen molar-refractivity contribution in [3.05, 3.63) is 17.0 Å². The molecule has 0 aromatic carbocycles. The van der Waals surface area contributed by atoms with Gasteiger partial charge >= 0.3 is 11.9 Å². The van der Waals surface area contributed by atoms with Gasteiger partial charge in [-0.1, -0.05) is 0 Å². The molecule has 0 atom stereocenters. The molecule has 2 aliphatic rings. The molecule has 0 amide bonds. The minimum atomic E-state index is -0.434. The molecule has 1 aromatic heterocycles. The van der Waals surface area contributed by atoms with Crippen LogP contribution >= 0.6 is 0 Å². The molecule has 84 valence electrons. The van der Waals surface area contributed by atoms with Gasteiger partial charge in [0.15, 0.2) is 0 Å². The van der Waals surface area contributed by atoms with Gasteiger partial charge in [-0.05, 0) is 24.8 Å². The van der Waals surface area contributed by atoms with E-state index in [0.29, 0.717) is 0 Å². The lowest BCUT2D eigenvalue weighted by atomic mass is 9.92. The number of aryl methyl sites for hydroxylation is 1. The van der Waals surface area contributed by atoms with E-state index in [-0.39, 0.29) is 18.8 Å². The maximum Gasteiger partial charge on any atom is 0.314 e. The first kappa shape index (κ1) is 9.57. The number of nitrogens with zero attached hydrogens (tertiary/aromatic N) is 1. The predicted molar refractivity (Wildman–Crippen MR) is 53.7 cm³/mol. The third kappa shape index (κ3) is 1.43. The smallest absolute Gasteiger partial charge is 0.314 e. The van der Waals surface area contributed by atoms with Gasteiger partial charge in [0.25, 0.3) is 0 Å². The second kappa shape index (κ2) is 3.43. The van der Waals surface area contributed by atoms with Crippen molar-refractivity contribution in [2.24, 2.45) is 0 Å². The Morgan fingerprint density at radius 2 is 1.94 bits per heavy atom. The van der Waals surface area contributed by atoms with Crippen LogP contribution in [0.15, 0.2) is 0 Å². The molecule has 5 nitrogen and oxygen atoms in total. The molecule has 3 rings (SSSR count). The molecule has 1 aliphatic heterocycles. The van der Waals surface area contributed by atoms with Crippen LogP contribution in [0.4, 0.5) is 0 Å². The Morgan fingerprint density at radius 3 is 2.69 bits per heavy atom. The lowest BCUT2D eigenvalue weighted by Gasteiger charge is -2.18. The Morgan fingerprint density at radius 1 is 1.19 bits per heavy atom. The van der Waals surface area contributed by atoms with Crippen molar-refractivity contribution in [2.45, 2.75) is 38.0 Å². The fraction of sp³-hybridized carbons (Fsp3) is 0.545. The second-order valence-corrected chi connectivity index (χ2v) is 4.37. The van der Waals surface area contributed by atoms with Crippen molar-refractivity contribution < 1.29 is 14.3 Å². The van der Waals surface area contributed by atoms with Gasteiger partial charge in [0.2, 0.25) is 0 Å². The van der Waals surface area contributed by atoms with Crippen LogP contribution in [0.2, 0.25) is 0 Å². The van der Waals surface area contributed by atoms with Crippen LogP contribution in [0.25, 0.3) is 0 Å². The van der Waals surface area contributed by atoms with Gasteiger partial charge in [0, 0.05) is 11.6 Å². The van der Waals surface area contributed by atoms with E-state index >= 15 is 0 Å². The largest absolute Gasteiger partial charge is 0.393 e. The number of cyclic esters (lactones) is 2. The summed E-state index contributed by atoms with van der Waals surface area (Å²) in [4.78, 5) is 22.4. The monoisotopic (exact) mass is 220 g/mol. The van der Waals surface area contributed by atoms with Crippen molar-refractivity contribution >= 4 is 11.9 Å². The van der Waals surface area contributed by atoms with E-state index < -0.39 is 11.9 Å². The average Bonchev–Trinajstić information content (AvgIpc) is 2.75. The number of rotatable bonds is 1. The molecule has 0 bridgehead atoms. The highest BCUT2D eigenvalue weighted by Crippen LogP contribution is 2.33. The zero-order valence-electron chi connectivity index (χ0n) is 8.78. The van der Waals surface area contributed by atoms with Gasteiger partial charge in [0.1, 0.15) is 0 Å². The number of fused-ring (bicyclic) bond motifs is 1. The first-order chi connectivity index (χ1) is 7.74. The number of carbonyl (C=O) groups excluding carboxylic acids is 2. The van der Waals surface area contributed by atoms with Gasteiger partial charge in [-0.3, -0.25) is 14.7 Å². The van der Waals surface area contributed by atoms with Crippen LogP contribution in [0.1, 0.15) is 42.1 Å². The summed E-state index contributed by atoms with van der Waals surface area (Å²) in [6.07, 6.45) is 3.68. The summed E-state index contributed by atoms with van der Waals surface area (Å²) in [5, 5.41) is 7.25. The summed E-state index contributed by atoms with van der Waals surface area (Å²) in [6, 6.07) is 0. The fourth-order valence-corrected chi connectivity index (χ4v) is 2.56. The van der Waals surface area contributed by atoms with Crippen molar-refractivity contribution in [3.63, 3.8) is 0 Å². The lowest BCUT2D eigenvalue weighted by molar-refractivity contribution is -0.164. The molecule has 0 radical (unpaired) electrons. The zero-order chi connectivity index (χ0) is 11.1. The summed E-state index contributed by atoms with van der Waals surface area (Å²) in [6.45, 7) is 0. The van der Waals surface area contributed by atoms with Crippen LogP contribution in [0.5, 0.6) is 0 Å². The lowest BCUT2D eigenvalue weighted by Crippen LogP contribution is -2.24. The summed E-state index contributed by atoms with van der Waals surface area (Å²) in [7, 11) is 0.